The van der Waals surface area contributed by atoms with Crippen molar-refractivity contribution >= 4 is 24.1 Å². The Morgan fingerprint density at radius 3 is 2.83 bits per heavy atom. The number of carbonyl (C=O) groups is 3. The van der Waals surface area contributed by atoms with Crippen LogP contribution in [-0.2, 0) is 11.8 Å². The molecule has 4 N–H and O–H groups in total. The molecule has 0 radical (unpaired) electrons. The number of hydrogen-bond donors (Lipinski definition) is 4. The van der Waals surface area contributed by atoms with Crippen LogP contribution >= 0.6 is 0 Å². The molecule has 190 valence electrons. The number of nitrogens with zero attached hydrogens (tertiary/aromatic N) is 3. The lowest BCUT2D eigenvalue weighted by Crippen LogP contribution is -2.33. The summed E-state index contributed by atoms with van der Waals surface area (Å²) in [5.74, 6) is 0.0000345. The van der Waals surface area contributed by atoms with Crippen molar-refractivity contribution in [3.8, 4) is 17.4 Å². The van der Waals surface area contributed by atoms with E-state index in [2.05, 4.69) is 25.9 Å². The summed E-state index contributed by atoms with van der Waals surface area (Å²) in [4.78, 5) is 35.9. The van der Waals surface area contributed by atoms with Crippen molar-refractivity contribution in [2.75, 3.05) is 5.32 Å². The van der Waals surface area contributed by atoms with E-state index in [1.54, 1.807) is 13.1 Å². The van der Waals surface area contributed by atoms with E-state index in [1.165, 1.54) is 28.9 Å². The van der Waals surface area contributed by atoms with Crippen LogP contribution in [-0.4, -0.2) is 55.5 Å². The molecule has 12 nitrogen and oxygen atoms in total. The lowest BCUT2D eigenvalue weighted by Gasteiger charge is -2.14. The number of aryl methyl sites for hydroxylation is 1. The van der Waals surface area contributed by atoms with Gasteiger partial charge in [-0.15, -0.1) is 5.10 Å². The minimum atomic E-state index is -0.456. The second-order valence-corrected chi connectivity index (χ2v) is 8.90. The monoisotopic (exact) mass is 496 g/mol. The van der Waals surface area contributed by atoms with Crippen LogP contribution in [0.1, 0.15) is 65.6 Å². The molecule has 1 saturated carbocycles. The van der Waals surface area contributed by atoms with Crippen molar-refractivity contribution in [3.63, 3.8) is 0 Å². The molecule has 12 heteroatoms. The highest BCUT2D eigenvalue weighted by Crippen LogP contribution is 2.36. The summed E-state index contributed by atoms with van der Waals surface area (Å²) in [5, 5.41) is 26.6. The Kier molecular flexibility index (Phi) is 7.23. The highest BCUT2D eigenvalue weighted by atomic mass is 16.6. The van der Waals surface area contributed by atoms with Crippen molar-refractivity contribution in [2.45, 2.75) is 51.2 Å². The SMILES string of the molecule is CC(C)NC(=O)OC1CC[C@H](c2cc(NC(=O)c3cc(Oc4cccc(O)c4C=O)nn3C)n[nH]2)C1. The maximum atomic E-state index is 12.8. The van der Waals surface area contributed by atoms with Gasteiger partial charge in [-0.1, -0.05) is 6.07 Å². The molecule has 0 bridgehead atoms. The smallest absolute Gasteiger partial charge is 0.407 e. The van der Waals surface area contributed by atoms with E-state index in [0.717, 1.165) is 18.5 Å². The first kappa shape index (κ1) is 24.8. The molecule has 2 amide bonds. The first-order chi connectivity index (χ1) is 17.2. The average molecular weight is 497 g/mol. The summed E-state index contributed by atoms with van der Waals surface area (Å²) in [5.41, 5.74) is 1.03. The van der Waals surface area contributed by atoms with E-state index in [1.807, 2.05) is 13.8 Å². The third-order valence-electron chi connectivity index (χ3n) is 5.81. The van der Waals surface area contributed by atoms with Crippen molar-refractivity contribution in [1.29, 1.82) is 0 Å². The van der Waals surface area contributed by atoms with Gasteiger partial charge in [0.1, 0.15) is 23.3 Å². The molecule has 2 aromatic heterocycles. The molecule has 0 spiro atoms. The summed E-state index contributed by atoms with van der Waals surface area (Å²) in [6.45, 7) is 3.74. The second-order valence-electron chi connectivity index (χ2n) is 8.90. The number of aldehydes is 1. The van der Waals surface area contributed by atoms with Crippen molar-refractivity contribution in [1.82, 2.24) is 25.3 Å². The van der Waals surface area contributed by atoms with Gasteiger partial charge in [0.2, 0.25) is 5.88 Å². The molecule has 0 saturated heterocycles. The molecule has 0 aliphatic heterocycles. The minimum Gasteiger partial charge on any atom is -0.507 e. The maximum Gasteiger partial charge on any atom is 0.407 e. The van der Waals surface area contributed by atoms with Crippen LogP contribution in [0.4, 0.5) is 10.6 Å². The van der Waals surface area contributed by atoms with Gasteiger partial charge in [0, 0.05) is 36.8 Å². The third-order valence-corrected chi connectivity index (χ3v) is 5.81. The Morgan fingerprint density at radius 1 is 1.28 bits per heavy atom. The number of anilines is 1. The quantitative estimate of drug-likeness (QED) is 0.345. The zero-order valence-corrected chi connectivity index (χ0v) is 20.1. The first-order valence-corrected chi connectivity index (χ1v) is 11.6. The lowest BCUT2D eigenvalue weighted by molar-refractivity contribution is 0.0979. The number of benzene rings is 1. The van der Waals surface area contributed by atoms with Crippen LogP contribution in [0.25, 0.3) is 0 Å². The number of aromatic hydroxyl groups is 1. The van der Waals surface area contributed by atoms with E-state index in [-0.39, 0.29) is 46.7 Å². The third kappa shape index (κ3) is 5.65. The van der Waals surface area contributed by atoms with Crippen LogP contribution in [0, 0.1) is 0 Å². The van der Waals surface area contributed by atoms with Crippen LogP contribution < -0.4 is 15.4 Å². The fourth-order valence-electron chi connectivity index (χ4n) is 4.10. The highest BCUT2D eigenvalue weighted by molar-refractivity contribution is 6.02. The maximum absolute atomic E-state index is 12.8. The summed E-state index contributed by atoms with van der Waals surface area (Å²) in [6, 6.07) is 7.60. The normalized spacial score (nSPS) is 17.1. The number of aromatic nitrogens is 4. The Balaban J connectivity index is 1.37. The Morgan fingerprint density at radius 2 is 2.08 bits per heavy atom. The van der Waals surface area contributed by atoms with E-state index < -0.39 is 12.0 Å². The largest absolute Gasteiger partial charge is 0.507 e. The van der Waals surface area contributed by atoms with Crippen molar-refractivity contribution in [2.24, 2.45) is 7.05 Å². The summed E-state index contributed by atoms with van der Waals surface area (Å²) in [7, 11) is 1.58. The summed E-state index contributed by atoms with van der Waals surface area (Å²) < 4.78 is 12.4. The number of hydrogen-bond acceptors (Lipinski definition) is 8. The Hall–Kier alpha value is -4.35. The molecular formula is C24H28N6O6. The van der Waals surface area contributed by atoms with Gasteiger partial charge in [0.15, 0.2) is 12.1 Å². The van der Waals surface area contributed by atoms with E-state index in [0.29, 0.717) is 18.5 Å². The molecule has 1 aliphatic carbocycles. The van der Waals surface area contributed by atoms with Gasteiger partial charge < -0.3 is 25.2 Å². The number of aromatic amines is 1. The number of H-pyrrole nitrogens is 1. The minimum absolute atomic E-state index is 0.0103. The second kappa shape index (κ2) is 10.5. The molecule has 1 aromatic carbocycles. The predicted molar refractivity (Wildman–Crippen MR) is 128 cm³/mol. The predicted octanol–water partition coefficient (Wildman–Crippen LogP) is 3.48. The van der Waals surface area contributed by atoms with Gasteiger partial charge >= 0.3 is 6.09 Å². The van der Waals surface area contributed by atoms with Crippen LogP contribution in [0.3, 0.4) is 0 Å². The van der Waals surface area contributed by atoms with E-state index >= 15 is 0 Å². The number of nitrogens with one attached hydrogen (secondary N) is 3. The van der Waals surface area contributed by atoms with Gasteiger partial charge in [0.25, 0.3) is 5.91 Å². The molecule has 1 aliphatic rings. The summed E-state index contributed by atoms with van der Waals surface area (Å²) >= 11 is 0. The van der Waals surface area contributed by atoms with Gasteiger partial charge in [-0.3, -0.25) is 19.4 Å². The fraction of sp³-hybridized carbons (Fsp3) is 0.375. The van der Waals surface area contributed by atoms with Gasteiger partial charge in [-0.05, 0) is 45.2 Å². The number of amides is 2. The lowest BCUT2D eigenvalue weighted by atomic mass is 10.0. The fourth-order valence-corrected chi connectivity index (χ4v) is 4.10. The summed E-state index contributed by atoms with van der Waals surface area (Å²) in [6.07, 6.45) is 2.14. The molecule has 4 rings (SSSR count). The van der Waals surface area contributed by atoms with Crippen LogP contribution in [0.5, 0.6) is 17.4 Å². The van der Waals surface area contributed by atoms with E-state index in [4.69, 9.17) is 9.47 Å². The standard InChI is InChI=1S/C24H28N6O6/c1-13(2)25-24(34)35-15-8-7-14(9-15)17-10-21(28-27-17)26-23(33)18-11-22(29-30(18)3)36-20-6-4-5-19(32)16(20)12-31/h4-6,10-15,32H,7-9H2,1-3H3,(H,25,34)(H2,26,27,28,33)/t14-,15?/m0/s1. The Labute approximate surface area is 207 Å². The highest BCUT2D eigenvalue weighted by Gasteiger charge is 2.30. The molecule has 2 atom stereocenters. The number of phenolic OH excluding ortho intramolecular Hbond substituents is 1. The van der Waals surface area contributed by atoms with Crippen molar-refractivity contribution < 1.29 is 29.0 Å². The average Bonchev–Trinajstić information content (AvgIpc) is 3.53. The molecule has 1 fully saturated rings. The molecule has 36 heavy (non-hydrogen) atoms. The number of carbonyl (C=O) groups excluding carboxylic acids is 3. The number of rotatable bonds is 8. The number of alkyl carbamates (subject to hydrolysis) is 1. The van der Waals surface area contributed by atoms with Crippen molar-refractivity contribution in [3.05, 3.63) is 47.3 Å². The Bertz CT molecular complexity index is 1270. The molecule has 2 heterocycles. The number of phenols is 1. The van der Waals surface area contributed by atoms with E-state index in [9.17, 15) is 19.5 Å². The molecule has 3 aromatic rings. The van der Waals surface area contributed by atoms with Gasteiger partial charge in [0.05, 0.1) is 5.56 Å². The number of ether oxygens (including phenoxy) is 2. The first-order valence-electron chi connectivity index (χ1n) is 11.6. The zero-order chi connectivity index (χ0) is 25.8. The van der Waals surface area contributed by atoms with Gasteiger partial charge in [-0.2, -0.15) is 5.10 Å². The molecular weight excluding hydrogens is 468 g/mol. The zero-order valence-electron chi connectivity index (χ0n) is 20.1. The van der Waals surface area contributed by atoms with Crippen LogP contribution in [0.15, 0.2) is 30.3 Å². The topological polar surface area (TPSA) is 160 Å². The van der Waals surface area contributed by atoms with Crippen LogP contribution in [0.2, 0.25) is 0 Å². The molecule has 1 unspecified atom stereocenters. The van der Waals surface area contributed by atoms with Gasteiger partial charge in [-0.25, -0.2) is 4.79 Å².